The fourth-order valence-electron chi connectivity index (χ4n) is 3.40. The van der Waals surface area contributed by atoms with Crippen molar-refractivity contribution in [2.75, 3.05) is 0 Å². The highest BCUT2D eigenvalue weighted by molar-refractivity contribution is 5.81. The number of ether oxygens (including phenoxy) is 1. The molecule has 0 radical (unpaired) electrons. The summed E-state index contributed by atoms with van der Waals surface area (Å²) in [6.45, 7) is 0.0685. The largest absolute Gasteiger partial charge is 0.480 e. The van der Waals surface area contributed by atoms with E-state index in [0.29, 0.717) is 0 Å². The number of amides is 1. The van der Waals surface area contributed by atoms with Gasteiger partial charge in [-0.05, 0) is 24.8 Å². The van der Waals surface area contributed by atoms with Crippen molar-refractivity contribution in [3.8, 4) is 0 Å². The second-order valence-corrected chi connectivity index (χ2v) is 6.02. The third kappa shape index (κ3) is 2.46. The molecule has 6 heteroatoms. The molecular weight excluding hydrogens is 277 g/mol. The van der Waals surface area contributed by atoms with E-state index < -0.39 is 29.2 Å². The van der Waals surface area contributed by atoms with Gasteiger partial charge in [-0.25, -0.2) is 14.0 Å². The molecular formula is C15H16FNO4. The predicted octanol–water partition coefficient (Wildman–Crippen LogP) is 2.26. The molecule has 0 spiro atoms. The van der Waals surface area contributed by atoms with Gasteiger partial charge in [0.15, 0.2) is 0 Å². The van der Waals surface area contributed by atoms with Crippen LogP contribution in [-0.4, -0.2) is 28.9 Å². The van der Waals surface area contributed by atoms with Crippen LogP contribution in [0.4, 0.5) is 9.18 Å². The molecule has 3 aliphatic rings. The Morgan fingerprint density at radius 2 is 1.90 bits per heavy atom. The predicted molar refractivity (Wildman–Crippen MR) is 71.3 cm³/mol. The summed E-state index contributed by atoms with van der Waals surface area (Å²) in [7, 11) is 0. The maximum absolute atomic E-state index is 13.5. The van der Waals surface area contributed by atoms with E-state index in [4.69, 9.17) is 4.74 Å². The van der Waals surface area contributed by atoms with Crippen LogP contribution in [0.3, 0.4) is 0 Å². The Balaban J connectivity index is 1.54. The van der Waals surface area contributed by atoms with Gasteiger partial charge < -0.3 is 15.2 Å². The molecule has 5 nitrogen and oxygen atoms in total. The van der Waals surface area contributed by atoms with Crippen LogP contribution in [-0.2, 0) is 16.1 Å². The van der Waals surface area contributed by atoms with Crippen LogP contribution in [0, 0.1) is 5.41 Å². The molecule has 1 atom stereocenters. The van der Waals surface area contributed by atoms with Crippen molar-refractivity contribution in [3.63, 3.8) is 0 Å². The highest BCUT2D eigenvalue weighted by atomic mass is 19.1. The Morgan fingerprint density at radius 3 is 2.43 bits per heavy atom. The first kappa shape index (κ1) is 13.9. The number of nitrogens with one attached hydrogen (secondary N) is 1. The number of rotatable bonds is 5. The average molecular weight is 293 g/mol. The van der Waals surface area contributed by atoms with Crippen LogP contribution < -0.4 is 5.32 Å². The van der Waals surface area contributed by atoms with Gasteiger partial charge in [-0.15, -0.1) is 0 Å². The second kappa shape index (κ2) is 4.72. The second-order valence-electron chi connectivity index (χ2n) is 6.02. The van der Waals surface area contributed by atoms with Gasteiger partial charge in [0.1, 0.15) is 18.3 Å². The van der Waals surface area contributed by atoms with Crippen LogP contribution in [0.25, 0.3) is 0 Å². The first-order valence-corrected chi connectivity index (χ1v) is 6.82. The normalized spacial score (nSPS) is 30.5. The van der Waals surface area contributed by atoms with E-state index in [-0.39, 0.29) is 25.9 Å². The monoisotopic (exact) mass is 293 g/mol. The molecule has 3 aliphatic carbocycles. The number of carbonyl (C=O) groups excluding carboxylic acids is 1. The van der Waals surface area contributed by atoms with E-state index in [1.807, 2.05) is 18.2 Å². The summed E-state index contributed by atoms with van der Waals surface area (Å²) in [4.78, 5) is 23.0. The Morgan fingerprint density at radius 1 is 1.29 bits per heavy atom. The van der Waals surface area contributed by atoms with Gasteiger partial charge in [-0.2, -0.15) is 0 Å². The first-order valence-electron chi connectivity index (χ1n) is 6.82. The van der Waals surface area contributed by atoms with Gasteiger partial charge in [0.25, 0.3) is 0 Å². The highest BCUT2D eigenvalue weighted by Gasteiger charge is 2.73. The molecule has 112 valence electrons. The van der Waals surface area contributed by atoms with Gasteiger partial charge in [0, 0.05) is 5.41 Å². The smallest absolute Gasteiger partial charge is 0.408 e. The zero-order chi connectivity index (χ0) is 15.1. The topological polar surface area (TPSA) is 75.6 Å². The molecule has 1 aromatic rings. The molecule has 3 saturated carbocycles. The molecule has 0 saturated heterocycles. The maximum Gasteiger partial charge on any atom is 0.408 e. The van der Waals surface area contributed by atoms with Gasteiger partial charge in [0.05, 0.1) is 0 Å². The summed E-state index contributed by atoms with van der Waals surface area (Å²) in [5.74, 6) is -1.14. The number of carboxylic acids is 1. The van der Waals surface area contributed by atoms with Crippen molar-refractivity contribution in [2.45, 2.75) is 37.6 Å². The summed E-state index contributed by atoms with van der Waals surface area (Å²) in [5, 5.41) is 11.6. The van der Waals surface area contributed by atoms with E-state index >= 15 is 0 Å². The number of carboxylic acid groups (broad SMARTS) is 1. The van der Waals surface area contributed by atoms with Crippen LogP contribution >= 0.6 is 0 Å². The molecule has 0 heterocycles. The lowest BCUT2D eigenvalue weighted by Gasteiger charge is -2.67. The van der Waals surface area contributed by atoms with Gasteiger partial charge in [-0.3, -0.25) is 0 Å². The quantitative estimate of drug-likeness (QED) is 0.873. The van der Waals surface area contributed by atoms with Gasteiger partial charge >= 0.3 is 12.1 Å². The van der Waals surface area contributed by atoms with Crippen molar-refractivity contribution in [2.24, 2.45) is 5.41 Å². The molecule has 21 heavy (non-hydrogen) atoms. The molecule has 1 amide bonds. The van der Waals surface area contributed by atoms with Crippen molar-refractivity contribution in [1.29, 1.82) is 0 Å². The SMILES string of the molecule is O=C(N[C@H](C(=O)O)C12CC(F)(C1)C2)OCc1ccccc1. The number of halogens is 1. The van der Waals surface area contributed by atoms with Crippen LogP contribution in [0.2, 0.25) is 0 Å². The molecule has 1 aromatic carbocycles. The molecule has 0 aliphatic heterocycles. The Hall–Kier alpha value is -2.11. The average Bonchev–Trinajstić information content (AvgIpc) is 2.39. The fraction of sp³-hybridized carbons (Fsp3) is 0.467. The zero-order valence-electron chi connectivity index (χ0n) is 11.3. The zero-order valence-corrected chi connectivity index (χ0v) is 11.3. The third-order valence-corrected chi connectivity index (χ3v) is 4.34. The highest BCUT2D eigenvalue weighted by Crippen LogP contribution is 2.70. The Kier molecular flexibility index (Phi) is 3.11. The summed E-state index contributed by atoms with van der Waals surface area (Å²) >= 11 is 0. The van der Waals surface area contributed by atoms with E-state index in [1.54, 1.807) is 12.1 Å². The lowest BCUT2D eigenvalue weighted by Crippen LogP contribution is -2.73. The van der Waals surface area contributed by atoms with Crippen LogP contribution in [0.15, 0.2) is 30.3 Å². The summed E-state index contributed by atoms with van der Waals surface area (Å²) in [6.07, 6.45) is -0.175. The molecule has 4 rings (SSSR count). The van der Waals surface area contributed by atoms with Crippen molar-refractivity contribution in [1.82, 2.24) is 5.32 Å². The summed E-state index contributed by atoms with van der Waals surface area (Å²) in [5.41, 5.74) is -1.02. The number of hydrogen-bond acceptors (Lipinski definition) is 3. The Labute approximate surface area is 121 Å². The number of alkyl halides is 1. The van der Waals surface area contributed by atoms with Gasteiger partial charge in [0.2, 0.25) is 0 Å². The molecule has 2 N–H and O–H groups in total. The van der Waals surface area contributed by atoms with E-state index in [0.717, 1.165) is 5.56 Å². The minimum absolute atomic E-state index is 0.0685. The van der Waals surface area contributed by atoms with Crippen LogP contribution in [0.5, 0.6) is 0 Å². The number of aliphatic carboxylic acids is 1. The van der Waals surface area contributed by atoms with E-state index in [9.17, 15) is 19.1 Å². The van der Waals surface area contributed by atoms with Crippen molar-refractivity contribution in [3.05, 3.63) is 35.9 Å². The van der Waals surface area contributed by atoms with Crippen molar-refractivity contribution < 1.29 is 23.8 Å². The maximum atomic E-state index is 13.5. The van der Waals surface area contributed by atoms with E-state index in [2.05, 4.69) is 5.32 Å². The molecule has 3 fully saturated rings. The molecule has 0 unspecified atom stereocenters. The standard InChI is InChI=1S/C15H16FNO4/c16-15-7-14(8-15,9-15)11(12(18)19)17-13(20)21-6-10-4-2-1-3-5-10/h1-5,11H,6-9H2,(H,17,20)(H,18,19)/t11-,14?,15?/m1/s1. The molecule has 0 aromatic heterocycles. The number of carbonyl (C=O) groups is 2. The first-order chi connectivity index (χ1) is 9.92. The fourth-order valence-corrected chi connectivity index (χ4v) is 3.40. The third-order valence-electron chi connectivity index (χ3n) is 4.34. The minimum Gasteiger partial charge on any atom is -0.480 e. The minimum atomic E-state index is -1.21. The van der Waals surface area contributed by atoms with Crippen LogP contribution in [0.1, 0.15) is 24.8 Å². The van der Waals surface area contributed by atoms with E-state index in [1.165, 1.54) is 0 Å². The lowest BCUT2D eigenvalue weighted by molar-refractivity contribution is -0.230. The van der Waals surface area contributed by atoms with Gasteiger partial charge in [-0.1, -0.05) is 30.3 Å². The number of hydrogen-bond donors (Lipinski definition) is 2. The summed E-state index contributed by atoms with van der Waals surface area (Å²) < 4.78 is 18.5. The number of benzene rings is 1. The Bertz CT molecular complexity index is 555. The summed E-state index contributed by atoms with van der Waals surface area (Å²) in [6, 6.07) is 8.00. The number of alkyl carbamates (subject to hydrolysis) is 1. The van der Waals surface area contributed by atoms with Crippen molar-refractivity contribution >= 4 is 12.1 Å². The lowest BCUT2D eigenvalue weighted by atomic mass is 9.40. The molecule has 2 bridgehead atoms.